The van der Waals surface area contributed by atoms with Gasteiger partial charge in [-0.25, -0.2) is 18.7 Å². The summed E-state index contributed by atoms with van der Waals surface area (Å²) in [6, 6.07) is 10.7. The maximum atomic E-state index is 15.0. The van der Waals surface area contributed by atoms with Crippen LogP contribution in [0.2, 0.25) is 4.34 Å². The highest BCUT2D eigenvalue weighted by Gasteiger charge is 2.29. The van der Waals surface area contributed by atoms with Crippen molar-refractivity contribution in [1.29, 1.82) is 0 Å². The van der Waals surface area contributed by atoms with E-state index in [0.717, 1.165) is 36.1 Å². The van der Waals surface area contributed by atoms with Crippen molar-refractivity contribution in [2.45, 2.75) is 37.8 Å². The van der Waals surface area contributed by atoms with E-state index >= 15 is 0 Å². The number of nitrogens with zero attached hydrogens (tertiary/aromatic N) is 5. The summed E-state index contributed by atoms with van der Waals surface area (Å²) in [5.41, 5.74) is 2.58. The Hall–Kier alpha value is -3.76. The summed E-state index contributed by atoms with van der Waals surface area (Å²) in [6.07, 6.45) is 7.56. The molecule has 4 heterocycles. The molecule has 1 aliphatic carbocycles. The summed E-state index contributed by atoms with van der Waals surface area (Å²) in [4.78, 5) is 30.3. The first-order valence-corrected chi connectivity index (χ1v) is 13.3. The predicted octanol–water partition coefficient (Wildman–Crippen LogP) is 6.46. The molecule has 0 bridgehead atoms. The second kappa shape index (κ2) is 10.2. The van der Waals surface area contributed by atoms with Crippen molar-refractivity contribution in [1.82, 2.24) is 29.8 Å². The zero-order valence-electron chi connectivity index (χ0n) is 19.9. The van der Waals surface area contributed by atoms with Crippen molar-refractivity contribution in [3.8, 4) is 22.8 Å². The fraction of sp³-hybridized carbons (Fsp3) is 0.222. The number of hydrogen-bond acceptors (Lipinski definition) is 6. The monoisotopic (exact) mass is 550 g/mol. The van der Waals surface area contributed by atoms with E-state index < -0.39 is 5.82 Å². The van der Waals surface area contributed by atoms with Gasteiger partial charge in [-0.1, -0.05) is 35.1 Å². The third kappa shape index (κ3) is 4.77. The highest BCUT2D eigenvalue weighted by Crippen LogP contribution is 2.37. The summed E-state index contributed by atoms with van der Waals surface area (Å²) in [6.45, 7) is 0. The Morgan fingerprint density at radius 1 is 1.05 bits per heavy atom. The molecule has 1 aliphatic rings. The van der Waals surface area contributed by atoms with Crippen LogP contribution >= 0.6 is 22.9 Å². The Bertz CT molecular complexity index is 1650. The Kier molecular flexibility index (Phi) is 6.59. The number of aromatic nitrogens is 5. The lowest BCUT2D eigenvalue weighted by Crippen LogP contribution is -2.39. The summed E-state index contributed by atoms with van der Waals surface area (Å²) < 4.78 is 31.4. The lowest BCUT2D eigenvalue weighted by atomic mass is 9.90. The first-order valence-electron chi connectivity index (χ1n) is 12.1. The van der Waals surface area contributed by atoms with Crippen molar-refractivity contribution in [2.24, 2.45) is 0 Å². The zero-order valence-corrected chi connectivity index (χ0v) is 21.5. The van der Waals surface area contributed by atoms with E-state index in [4.69, 9.17) is 16.6 Å². The van der Waals surface area contributed by atoms with E-state index in [9.17, 15) is 13.6 Å². The minimum atomic E-state index is -0.412. The third-order valence-electron chi connectivity index (χ3n) is 6.69. The standard InChI is InChI=1S/C27H21ClF2N6OS/c28-24-14-33-27(38-24)26(37)34-16-4-3-5-17(11-16)36-23-12-21(20-10-15(29)8-9-31-20)32-13-22(23)35-25(36)18-6-1-2-7-19(18)30/h1-2,6-10,12-14,16-17H,3-5,11H2,(H,34,37). The number of carbonyl (C=O) groups excluding carboxylic acids is 1. The van der Waals surface area contributed by atoms with Crippen LogP contribution in [0.1, 0.15) is 41.5 Å². The topological polar surface area (TPSA) is 85.6 Å². The van der Waals surface area contributed by atoms with Crippen molar-refractivity contribution in [3.05, 3.63) is 82.0 Å². The highest BCUT2D eigenvalue weighted by molar-refractivity contribution is 7.17. The van der Waals surface area contributed by atoms with Gasteiger partial charge in [0.15, 0.2) is 5.01 Å². The molecule has 0 radical (unpaired) electrons. The van der Waals surface area contributed by atoms with Gasteiger partial charge in [-0.3, -0.25) is 14.8 Å². The van der Waals surface area contributed by atoms with Gasteiger partial charge in [0.05, 0.1) is 34.9 Å². The van der Waals surface area contributed by atoms with Crippen molar-refractivity contribution in [3.63, 3.8) is 0 Å². The van der Waals surface area contributed by atoms with Gasteiger partial charge in [-0.2, -0.15) is 0 Å². The molecule has 1 saturated carbocycles. The van der Waals surface area contributed by atoms with Crippen LogP contribution in [0.5, 0.6) is 0 Å². The third-order valence-corrected chi connectivity index (χ3v) is 7.81. The van der Waals surface area contributed by atoms with Gasteiger partial charge in [-0.05, 0) is 49.9 Å². The molecule has 2 atom stereocenters. The average Bonchev–Trinajstić information content (AvgIpc) is 3.52. The van der Waals surface area contributed by atoms with E-state index in [1.54, 1.807) is 24.4 Å². The summed E-state index contributed by atoms with van der Waals surface area (Å²) >= 11 is 7.08. The number of pyridine rings is 2. The van der Waals surface area contributed by atoms with Crippen molar-refractivity contribution in [2.75, 3.05) is 0 Å². The normalized spacial score (nSPS) is 17.6. The molecule has 0 spiro atoms. The fourth-order valence-electron chi connectivity index (χ4n) is 5.02. The first-order chi connectivity index (χ1) is 18.5. The average molecular weight is 551 g/mol. The minimum absolute atomic E-state index is 0.0794. The maximum Gasteiger partial charge on any atom is 0.280 e. The molecule has 5 aromatic rings. The van der Waals surface area contributed by atoms with Crippen LogP contribution in [0.25, 0.3) is 33.8 Å². The lowest BCUT2D eigenvalue weighted by molar-refractivity contribution is 0.0920. The molecule has 6 rings (SSSR count). The second-order valence-electron chi connectivity index (χ2n) is 9.16. The molecule has 38 heavy (non-hydrogen) atoms. The number of halogens is 3. The van der Waals surface area contributed by atoms with E-state index in [1.807, 2.05) is 10.6 Å². The van der Waals surface area contributed by atoms with Gasteiger partial charge < -0.3 is 9.88 Å². The smallest absolute Gasteiger partial charge is 0.280 e. The molecule has 1 N–H and O–H groups in total. The fourth-order valence-corrected chi connectivity index (χ4v) is 5.84. The number of benzene rings is 1. The molecular weight excluding hydrogens is 530 g/mol. The molecule has 1 fully saturated rings. The van der Waals surface area contributed by atoms with Crippen LogP contribution in [0.15, 0.2) is 61.1 Å². The molecule has 0 saturated heterocycles. The van der Waals surface area contributed by atoms with Gasteiger partial charge in [0.1, 0.15) is 27.3 Å². The molecule has 0 aliphatic heterocycles. The minimum Gasteiger partial charge on any atom is -0.347 e. The van der Waals surface area contributed by atoms with E-state index in [1.165, 1.54) is 30.6 Å². The van der Waals surface area contributed by atoms with Gasteiger partial charge in [0.25, 0.3) is 5.91 Å². The quantitative estimate of drug-likeness (QED) is 0.271. The molecule has 2 unspecified atom stereocenters. The lowest BCUT2D eigenvalue weighted by Gasteiger charge is -2.32. The van der Waals surface area contributed by atoms with Crippen LogP contribution in [-0.4, -0.2) is 36.5 Å². The molecular formula is C27H21ClF2N6OS. The number of imidazole rings is 1. The number of fused-ring (bicyclic) bond motifs is 1. The Morgan fingerprint density at radius 3 is 2.68 bits per heavy atom. The number of carbonyl (C=O) groups is 1. The maximum absolute atomic E-state index is 15.0. The second-order valence-corrected chi connectivity index (χ2v) is 10.8. The van der Waals surface area contributed by atoms with Crippen LogP contribution in [0, 0.1) is 11.6 Å². The molecule has 4 aromatic heterocycles. The Morgan fingerprint density at radius 2 is 1.89 bits per heavy atom. The van der Waals surface area contributed by atoms with E-state index in [0.29, 0.717) is 44.1 Å². The number of nitrogens with one attached hydrogen (secondary N) is 1. The number of amides is 1. The van der Waals surface area contributed by atoms with Crippen molar-refractivity contribution >= 4 is 39.9 Å². The van der Waals surface area contributed by atoms with Crippen LogP contribution in [0.3, 0.4) is 0 Å². The highest BCUT2D eigenvalue weighted by atomic mass is 35.5. The van der Waals surface area contributed by atoms with E-state index in [-0.39, 0.29) is 23.8 Å². The SMILES string of the molecule is O=C(NC1CCCC(n2c(-c3ccccc3F)nc3cnc(-c4cc(F)ccn4)cc32)C1)c1ncc(Cl)s1. The van der Waals surface area contributed by atoms with Crippen LogP contribution < -0.4 is 5.32 Å². The zero-order chi connectivity index (χ0) is 26.2. The van der Waals surface area contributed by atoms with E-state index in [2.05, 4.69) is 20.3 Å². The number of rotatable bonds is 5. The van der Waals surface area contributed by atoms with Crippen molar-refractivity contribution < 1.29 is 13.6 Å². The molecule has 11 heteroatoms. The number of hydrogen-bond donors (Lipinski definition) is 1. The Labute approximate surface area is 225 Å². The first kappa shape index (κ1) is 24.6. The summed E-state index contributed by atoms with van der Waals surface area (Å²) in [5.74, 6) is -0.579. The van der Waals surface area contributed by atoms with Gasteiger partial charge >= 0.3 is 0 Å². The molecule has 7 nitrogen and oxygen atoms in total. The summed E-state index contributed by atoms with van der Waals surface area (Å²) in [5, 5.41) is 3.40. The molecule has 1 aromatic carbocycles. The van der Waals surface area contributed by atoms with Gasteiger partial charge in [0.2, 0.25) is 0 Å². The summed E-state index contributed by atoms with van der Waals surface area (Å²) in [7, 11) is 0. The number of thiazole rings is 1. The van der Waals surface area contributed by atoms with Gasteiger partial charge in [-0.15, -0.1) is 0 Å². The Balaban J connectivity index is 1.41. The van der Waals surface area contributed by atoms with Crippen LogP contribution in [-0.2, 0) is 0 Å². The van der Waals surface area contributed by atoms with Gasteiger partial charge in [0, 0.05) is 24.3 Å². The molecule has 1 amide bonds. The predicted molar refractivity (Wildman–Crippen MR) is 142 cm³/mol. The van der Waals surface area contributed by atoms with Crippen LogP contribution in [0.4, 0.5) is 8.78 Å². The largest absolute Gasteiger partial charge is 0.347 e. The molecule has 192 valence electrons.